The number of carbonyl (C=O) groups is 2. The minimum absolute atomic E-state index is 0.134. The molecule has 0 unspecified atom stereocenters. The Hall–Kier alpha value is -1.35. The molecule has 0 aliphatic carbocycles. The fourth-order valence-electron chi connectivity index (χ4n) is 1.69. The summed E-state index contributed by atoms with van der Waals surface area (Å²) in [4.78, 5) is 25.0. The maximum absolute atomic E-state index is 11.6. The zero-order valence-corrected chi connectivity index (χ0v) is 11.2. The molecule has 0 aromatic rings. The number of sulfonamides is 1. The van der Waals surface area contributed by atoms with E-state index in [4.69, 9.17) is 5.11 Å². The standard InChI is InChI=1S/C9H17N3O5S/c1-10(2)9(15)11-3-5-12(6-4-11)18(16,17)7-8(13)14/h3-7H2,1-2H3,(H,13,14). The largest absolute Gasteiger partial charge is 0.480 e. The Bertz CT molecular complexity index is 425. The van der Waals surface area contributed by atoms with Crippen molar-refractivity contribution in [3.8, 4) is 0 Å². The zero-order chi connectivity index (χ0) is 13.9. The van der Waals surface area contributed by atoms with Crippen LogP contribution in [0.15, 0.2) is 0 Å². The fourth-order valence-corrected chi connectivity index (χ4v) is 2.90. The Balaban J connectivity index is 2.59. The van der Waals surface area contributed by atoms with Crippen LogP contribution in [0.25, 0.3) is 0 Å². The number of aliphatic carboxylic acids is 1. The second-order valence-electron chi connectivity index (χ2n) is 4.21. The molecule has 1 aliphatic rings. The smallest absolute Gasteiger partial charge is 0.320 e. The van der Waals surface area contributed by atoms with Crippen molar-refractivity contribution in [1.82, 2.24) is 14.1 Å². The topological polar surface area (TPSA) is 98.2 Å². The van der Waals surface area contributed by atoms with E-state index in [2.05, 4.69) is 0 Å². The summed E-state index contributed by atoms with van der Waals surface area (Å²) >= 11 is 0. The quantitative estimate of drug-likeness (QED) is 0.692. The molecule has 0 atom stereocenters. The molecule has 2 amide bonds. The summed E-state index contributed by atoms with van der Waals surface area (Å²) in [7, 11) is -0.528. The molecule has 0 saturated carbocycles. The molecule has 1 saturated heterocycles. The molecule has 1 heterocycles. The molecule has 0 radical (unpaired) electrons. The van der Waals surface area contributed by atoms with Crippen LogP contribution >= 0.6 is 0 Å². The number of hydrogen-bond donors (Lipinski definition) is 1. The van der Waals surface area contributed by atoms with Crippen molar-refractivity contribution < 1.29 is 23.1 Å². The van der Waals surface area contributed by atoms with Gasteiger partial charge in [0.05, 0.1) is 0 Å². The molecule has 1 fully saturated rings. The number of hydrogen-bond acceptors (Lipinski definition) is 4. The molecule has 1 rings (SSSR count). The lowest BCUT2D eigenvalue weighted by Crippen LogP contribution is -2.53. The lowest BCUT2D eigenvalue weighted by Gasteiger charge is -2.34. The van der Waals surface area contributed by atoms with Crippen molar-refractivity contribution in [2.75, 3.05) is 46.0 Å². The van der Waals surface area contributed by atoms with Gasteiger partial charge in [-0.05, 0) is 0 Å². The van der Waals surface area contributed by atoms with Crippen LogP contribution in [0.1, 0.15) is 0 Å². The summed E-state index contributed by atoms with van der Waals surface area (Å²) in [6, 6.07) is -0.176. The van der Waals surface area contributed by atoms with Crippen LogP contribution in [0.2, 0.25) is 0 Å². The molecule has 0 aromatic heterocycles. The van der Waals surface area contributed by atoms with E-state index < -0.39 is 21.7 Å². The summed E-state index contributed by atoms with van der Waals surface area (Å²) in [5.41, 5.74) is 0. The van der Waals surface area contributed by atoms with E-state index in [1.54, 1.807) is 14.1 Å². The average molecular weight is 279 g/mol. The first-order valence-corrected chi connectivity index (χ1v) is 7.01. The zero-order valence-electron chi connectivity index (χ0n) is 10.4. The van der Waals surface area contributed by atoms with Crippen molar-refractivity contribution in [1.29, 1.82) is 0 Å². The van der Waals surface area contributed by atoms with Crippen molar-refractivity contribution in [3.63, 3.8) is 0 Å². The van der Waals surface area contributed by atoms with Crippen molar-refractivity contribution in [2.45, 2.75) is 0 Å². The van der Waals surface area contributed by atoms with E-state index in [0.717, 1.165) is 4.31 Å². The van der Waals surface area contributed by atoms with E-state index >= 15 is 0 Å². The summed E-state index contributed by atoms with van der Waals surface area (Å²) in [5, 5.41) is 8.52. The fraction of sp³-hybridized carbons (Fsp3) is 0.778. The van der Waals surface area contributed by atoms with Crippen molar-refractivity contribution >= 4 is 22.0 Å². The molecule has 0 bridgehead atoms. The van der Waals surface area contributed by atoms with Gasteiger partial charge in [0.2, 0.25) is 10.0 Å². The highest BCUT2D eigenvalue weighted by Gasteiger charge is 2.30. The van der Waals surface area contributed by atoms with E-state index in [9.17, 15) is 18.0 Å². The lowest BCUT2D eigenvalue weighted by atomic mass is 10.4. The van der Waals surface area contributed by atoms with Gasteiger partial charge in [-0.1, -0.05) is 0 Å². The van der Waals surface area contributed by atoms with Crippen molar-refractivity contribution in [3.05, 3.63) is 0 Å². The Morgan fingerprint density at radius 1 is 1.17 bits per heavy atom. The van der Waals surface area contributed by atoms with Crippen LogP contribution < -0.4 is 0 Å². The second-order valence-corrected chi connectivity index (χ2v) is 6.18. The molecule has 0 aromatic carbocycles. The highest BCUT2D eigenvalue weighted by Crippen LogP contribution is 2.09. The molecule has 1 aliphatic heterocycles. The maximum Gasteiger partial charge on any atom is 0.320 e. The SMILES string of the molecule is CN(C)C(=O)N1CCN(S(=O)(=O)CC(=O)O)CC1. The molecule has 9 heteroatoms. The Labute approximate surface area is 106 Å². The third kappa shape index (κ3) is 3.57. The van der Waals surface area contributed by atoms with Crippen LogP contribution in [-0.4, -0.2) is 85.7 Å². The molecule has 8 nitrogen and oxygen atoms in total. The third-order valence-corrected chi connectivity index (χ3v) is 4.35. The first kappa shape index (κ1) is 14.7. The maximum atomic E-state index is 11.6. The van der Waals surface area contributed by atoms with Gasteiger partial charge < -0.3 is 14.9 Å². The highest BCUT2D eigenvalue weighted by atomic mass is 32.2. The van der Waals surface area contributed by atoms with Crippen LogP contribution in [0.4, 0.5) is 4.79 Å². The normalized spacial score (nSPS) is 17.6. The Morgan fingerprint density at radius 3 is 2.06 bits per heavy atom. The van der Waals surface area contributed by atoms with E-state index in [0.29, 0.717) is 0 Å². The molecular formula is C9H17N3O5S. The Morgan fingerprint density at radius 2 is 1.67 bits per heavy atom. The predicted molar refractivity (Wildman–Crippen MR) is 63.7 cm³/mol. The van der Waals surface area contributed by atoms with Crippen LogP contribution in [0.3, 0.4) is 0 Å². The molecular weight excluding hydrogens is 262 g/mol. The van der Waals surface area contributed by atoms with E-state index in [-0.39, 0.29) is 32.2 Å². The van der Waals surface area contributed by atoms with Gasteiger partial charge >= 0.3 is 12.0 Å². The van der Waals surface area contributed by atoms with Gasteiger partial charge in [-0.2, -0.15) is 4.31 Å². The number of nitrogens with zero attached hydrogens (tertiary/aromatic N) is 3. The molecule has 104 valence electrons. The lowest BCUT2D eigenvalue weighted by molar-refractivity contribution is -0.134. The van der Waals surface area contributed by atoms with Crippen molar-refractivity contribution in [2.24, 2.45) is 0 Å². The predicted octanol–water partition coefficient (Wildman–Crippen LogP) is -1.30. The minimum atomic E-state index is -3.77. The number of amides is 2. The summed E-state index contributed by atoms with van der Waals surface area (Å²) < 4.78 is 24.4. The first-order chi connectivity index (χ1) is 8.24. The van der Waals surface area contributed by atoms with Gasteiger partial charge in [-0.25, -0.2) is 13.2 Å². The molecule has 0 spiro atoms. The summed E-state index contributed by atoms with van der Waals surface area (Å²) in [6.07, 6.45) is 0. The number of carboxylic acid groups (broad SMARTS) is 1. The van der Waals surface area contributed by atoms with Crippen LogP contribution in [-0.2, 0) is 14.8 Å². The number of piperazine rings is 1. The van der Waals surface area contributed by atoms with Gasteiger partial charge in [-0.3, -0.25) is 4.79 Å². The summed E-state index contributed by atoms with van der Waals surface area (Å²) in [6.45, 7) is 0.816. The number of carbonyl (C=O) groups excluding carboxylic acids is 1. The number of rotatable bonds is 3. The van der Waals surface area contributed by atoms with Gasteiger partial charge in [0.25, 0.3) is 0 Å². The van der Waals surface area contributed by atoms with Gasteiger partial charge in [0.15, 0.2) is 5.75 Å². The molecule has 1 N–H and O–H groups in total. The van der Waals surface area contributed by atoms with E-state index in [1.807, 2.05) is 0 Å². The first-order valence-electron chi connectivity index (χ1n) is 5.40. The number of urea groups is 1. The van der Waals surface area contributed by atoms with Gasteiger partial charge in [0, 0.05) is 40.3 Å². The van der Waals surface area contributed by atoms with E-state index in [1.165, 1.54) is 9.80 Å². The van der Waals surface area contributed by atoms with Gasteiger partial charge in [0.1, 0.15) is 0 Å². The van der Waals surface area contributed by atoms with Gasteiger partial charge in [-0.15, -0.1) is 0 Å². The number of carboxylic acids is 1. The average Bonchev–Trinajstić information content (AvgIpc) is 2.26. The van der Waals surface area contributed by atoms with Crippen LogP contribution in [0, 0.1) is 0 Å². The minimum Gasteiger partial charge on any atom is -0.480 e. The highest BCUT2D eigenvalue weighted by molar-refractivity contribution is 7.89. The second kappa shape index (κ2) is 5.53. The summed E-state index contributed by atoms with van der Waals surface area (Å²) in [5.74, 6) is -2.28. The van der Waals surface area contributed by atoms with Crippen LogP contribution in [0.5, 0.6) is 0 Å². The molecule has 18 heavy (non-hydrogen) atoms. The monoisotopic (exact) mass is 279 g/mol. The Kier molecular flexibility index (Phi) is 4.52. The third-order valence-electron chi connectivity index (χ3n) is 2.59.